The third-order valence-electron chi connectivity index (χ3n) is 4.22. The summed E-state index contributed by atoms with van der Waals surface area (Å²) in [4.78, 5) is 1.49. The van der Waals surface area contributed by atoms with Crippen LogP contribution in [0, 0.1) is 5.82 Å². The summed E-state index contributed by atoms with van der Waals surface area (Å²) in [7, 11) is -0.279. The zero-order valence-corrected chi connectivity index (χ0v) is 15.8. The molecule has 1 aliphatic rings. The van der Waals surface area contributed by atoms with Crippen LogP contribution in [0.4, 0.5) is 15.8 Å². The van der Waals surface area contributed by atoms with Crippen molar-refractivity contribution in [3.63, 3.8) is 0 Å². The molecule has 7 nitrogen and oxygen atoms in total. The van der Waals surface area contributed by atoms with Gasteiger partial charge in [-0.25, -0.2) is 4.39 Å². The average Bonchev–Trinajstić information content (AvgIpc) is 2.61. The van der Waals surface area contributed by atoms with Gasteiger partial charge in [0, 0.05) is 19.8 Å². The molecule has 2 aromatic carbocycles. The summed E-state index contributed by atoms with van der Waals surface area (Å²) in [5.74, 6) is -0.709. The van der Waals surface area contributed by atoms with Gasteiger partial charge in [-0.2, -0.15) is 8.42 Å². The van der Waals surface area contributed by atoms with E-state index in [0.717, 1.165) is 17.3 Å². The highest BCUT2D eigenvalue weighted by Crippen LogP contribution is 2.29. The quantitative estimate of drug-likeness (QED) is 0.693. The fraction of sp³-hybridized carbons (Fsp3) is 0.278. The normalized spacial score (nSPS) is 16.1. The first-order valence-corrected chi connectivity index (χ1v) is 9.77. The summed E-state index contributed by atoms with van der Waals surface area (Å²) < 4.78 is 42.0. The minimum Gasteiger partial charge on any atom is -0.394 e. The number of sulfonamides is 1. The third kappa shape index (κ3) is 4.10. The van der Waals surface area contributed by atoms with E-state index in [9.17, 15) is 17.9 Å². The summed E-state index contributed by atoms with van der Waals surface area (Å²) >= 11 is 0. The van der Waals surface area contributed by atoms with Crippen molar-refractivity contribution in [2.24, 2.45) is 4.40 Å². The van der Waals surface area contributed by atoms with Gasteiger partial charge < -0.3 is 20.6 Å². The molecule has 9 heteroatoms. The molecule has 1 heterocycles. The maximum Gasteiger partial charge on any atom is 0.289 e. The van der Waals surface area contributed by atoms with Gasteiger partial charge in [0.25, 0.3) is 10.0 Å². The van der Waals surface area contributed by atoms with Crippen LogP contribution < -0.4 is 15.5 Å². The SMILES string of the molecule is CN(C)c1cccc([C@H](CO)NCC2=NS(=O)(=O)c3c(F)cccc3N2)c1. The van der Waals surface area contributed by atoms with Crippen molar-refractivity contribution in [3.05, 3.63) is 53.8 Å². The van der Waals surface area contributed by atoms with E-state index in [-0.39, 0.29) is 24.7 Å². The number of aliphatic hydroxyl groups is 1. The second-order valence-corrected chi connectivity index (χ2v) is 7.90. The summed E-state index contributed by atoms with van der Waals surface area (Å²) in [6.45, 7) is -0.116. The lowest BCUT2D eigenvalue weighted by Crippen LogP contribution is -2.35. The van der Waals surface area contributed by atoms with Crippen LogP contribution in [0.2, 0.25) is 0 Å². The zero-order valence-electron chi connectivity index (χ0n) is 15.0. The smallest absolute Gasteiger partial charge is 0.289 e. The van der Waals surface area contributed by atoms with Gasteiger partial charge in [-0.3, -0.25) is 0 Å². The second-order valence-electron chi connectivity index (χ2n) is 6.36. The highest BCUT2D eigenvalue weighted by molar-refractivity contribution is 7.90. The molecule has 3 rings (SSSR count). The van der Waals surface area contributed by atoms with Gasteiger partial charge in [0.05, 0.1) is 24.9 Å². The van der Waals surface area contributed by atoms with Crippen molar-refractivity contribution in [1.82, 2.24) is 5.32 Å². The molecule has 1 aliphatic heterocycles. The summed E-state index contributed by atoms with van der Waals surface area (Å²) in [5, 5.41) is 15.6. The van der Waals surface area contributed by atoms with Crippen molar-refractivity contribution in [2.45, 2.75) is 10.9 Å². The third-order valence-corrected chi connectivity index (χ3v) is 5.61. The van der Waals surface area contributed by atoms with E-state index in [1.165, 1.54) is 12.1 Å². The maximum atomic E-state index is 13.8. The Bertz CT molecular complexity index is 976. The molecule has 144 valence electrons. The molecule has 1 atom stereocenters. The fourth-order valence-corrected chi connectivity index (χ4v) is 4.05. The molecule has 0 saturated carbocycles. The Morgan fingerprint density at radius 1 is 1.26 bits per heavy atom. The monoisotopic (exact) mass is 392 g/mol. The van der Waals surface area contributed by atoms with Gasteiger partial charge in [0.1, 0.15) is 16.5 Å². The molecular formula is C18H21FN4O3S. The standard InChI is InChI=1S/C18H21FN4O3S/c1-23(2)13-6-3-5-12(9-13)16(11-24)20-10-17-21-15-8-4-7-14(19)18(15)27(25,26)22-17/h3-9,16,20,24H,10-11H2,1-2H3,(H,21,22)/t16-/m0/s1. The van der Waals surface area contributed by atoms with E-state index >= 15 is 0 Å². The van der Waals surface area contributed by atoms with Crippen LogP contribution in [0.1, 0.15) is 11.6 Å². The Labute approximate surface area is 157 Å². The van der Waals surface area contributed by atoms with Crippen LogP contribution in [0.3, 0.4) is 0 Å². The van der Waals surface area contributed by atoms with Crippen LogP contribution in [0.5, 0.6) is 0 Å². The number of nitrogens with one attached hydrogen (secondary N) is 2. The summed E-state index contributed by atoms with van der Waals surface area (Å²) in [5.41, 5.74) is 1.99. The maximum absolute atomic E-state index is 13.8. The van der Waals surface area contributed by atoms with Gasteiger partial charge >= 0.3 is 0 Å². The Morgan fingerprint density at radius 3 is 2.70 bits per heavy atom. The lowest BCUT2D eigenvalue weighted by Gasteiger charge is -2.22. The van der Waals surface area contributed by atoms with Gasteiger partial charge in [-0.1, -0.05) is 18.2 Å². The topological polar surface area (TPSA) is 94.0 Å². The number of amidine groups is 1. The van der Waals surface area contributed by atoms with Crippen LogP contribution in [-0.4, -0.2) is 46.6 Å². The van der Waals surface area contributed by atoms with E-state index in [2.05, 4.69) is 15.0 Å². The molecule has 0 spiro atoms. The molecule has 0 fully saturated rings. The van der Waals surface area contributed by atoms with Gasteiger partial charge in [0.15, 0.2) is 0 Å². The highest BCUT2D eigenvalue weighted by atomic mass is 32.2. The number of anilines is 2. The molecule has 2 aromatic rings. The number of nitrogens with zero attached hydrogens (tertiary/aromatic N) is 2. The number of hydrogen-bond acceptors (Lipinski definition) is 6. The predicted octanol–water partition coefficient (Wildman–Crippen LogP) is 1.73. The Morgan fingerprint density at radius 2 is 2.00 bits per heavy atom. The first kappa shape index (κ1) is 19.3. The molecule has 0 bridgehead atoms. The van der Waals surface area contributed by atoms with E-state index in [1.54, 1.807) is 0 Å². The average molecular weight is 392 g/mol. The molecular weight excluding hydrogens is 371 g/mol. The van der Waals surface area contributed by atoms with E-state index in [4.69, 9.17) is 0 Å². The first-order valence-electron chi connectivity index (χ1n) is 8.32. The summed E-state index contributed by atoms with van der Waals surface area (Å²) in [6, 6.07) is 11.2. The molecule has 0 amide bonds. The van der Waals surface area contributed by atoms with Crippen LogP contribution in [0.15, 0.2) is 51.8 Å². The number of fused-ring (bicyclic) bond motifs is 1. The Kier molecular flexibility index (Phi) is 5.45. The van der Waals surface area contributed by atoms with Crippen LogP contribution >= 0.6 is 0 Å². The lowest BCUT2D eigenvalue weighted by molar-refractivity contribution is 0.249. The van der Waals surface area contributed by atoms with Gasteiger partial charge in [0.2, 0.25) is 0 Å². The number of aliphatic hydroxyl groups excluding tert-OH is 1. The first-order chi connectivity index (χ1) is 12.8. The molecule has 0 unspecified atom stereocenters. The van der Waals surface area contributed by atoms with Crippen molar-refractivity contribution in [1.29, 1.82) is 0 Å². The Hall–Kier alpha value is -2.49. The fourth-order valence-electron chi connectivity index (χ4n) is 2.84. The molecule has 0 aromatic heterocycles. The molecule has 3 N–H and O–H groups in total. The lowest BCUT2D eigenvalue weighted by atomic mass is 10.1. The Balaban J connectivity index is 1.78. The zero-order chi connectivity index (χ0) is 19.6. The molecule has 0 radical (unpaired) electrons. The summed E-state index contributed by atoms with van der Waals surface area (Å²) in [6.07, 6.45) is 0. The molecule has 0 saturated heterocycles. The minimum absolute atomic E-state index is 0.0621. The van der Waals surface area contributed by atoms with Gasteiger partial charge in [-0.05, 0) is 29.8 Å². The largest absolute Gasteiger partial charge is 0.394 e. The van der Waals surface area contributed by atoms with Crippen molar-refractivity contribution >= 4 is 27.2 Å². The van der Waals surface area contributed by atoms with E-state index < -0.39 is 26.8 Å². The minimum atomic E-state index is -4.12. The second kappa shape index (κ2) is 7.63. The van der Waals surface area contributed by atoms with Gasteiger partial charge in [-0.15, -0.1) is 4.40 Å². The van der Waals surface area contributed by atoms with Crippen LogP contribution in [0.25, 0.3) is 0 Å². The number of hydrogen-bond donors (Lipinski definition) is 3. The molecule has 0 aliphatic carbocycles. The molecule has 27 heavy (non-hydrogen) atoms. The number of benzene rings is 2. The van der Waals surface area contributed by atoms with E-state index in [1.807, 2.05) is 43.3 Å². The predicted molar refractivity (Wildman–Crippen MR) is 103 cm³/mol. The van der Waals surface area contributed by atoms with Crippen molar-refractivity contribution < 1.29 is 17.9 Å². The number of halogens is 1. The van der Waals surface area contributed by atoms with Crippen LogP contribution in [-0.2, 0) is 10.0 Å². The highest BCUT2D eigenvalue weighted by Gasteiger charge is 2.28. The van der Waals surface area contributed by atoms with Crippen molar-refractivity contribution in [2.75, 3.05) is 37.5 Å². The van der Waals surface area contributed by atoms with E-state index in [0.29, 0.717) is 0 Å². The number of rotatable bonds is 6. The van der Waals surface area contributed by atoms with Crippen molar-refractivity contribution in [3.8, 4) is 0 Å².